The van der Waals surface area contributed by atoms with Gasteiger partial charge in [0.15, 0.2) is 0 Å². The number of piperidine rings is 1. The summed E-state index contributed by atoms with van der Waals surface area (Å²) >= 11 is 0. The molecule has 3 rings (SSSR count). The first kappa shape index (κ1) is 12.0. The Morgan fingerprint density at radius 3 is 2.47 bits per heavy atom. The summed E-state index contributed by atoms with van der Waals surface area (Å²) in [5, 5.41) is 0. The molecule has 2 heteroatoms. The van der Waals surface area contributed by atoms with Crippen LogP contribution in [0.4, 0.5) is 0 Å². The lowest BCUT2D eigenvalue weighted by molar-refractivity contribution is 0.0889. The predicted molar refractivity (Wildman–Crippen MR) is 71.8 cm³/mol. The molecule has 3 atom stereocenters. The van der Waals surface area contributed by atoms with Crippen LogP contribution in [0.15, 0.2) is 0 Å². The van der Waals surface area contributed by atoms with Gasteiger partial charge in [-0.15, -0.1) is 0 Å². The molecule has 0 amide bonds. The van der Waals surface area contributed by atoms with Crippen LogP contribution in [0, 0.1) is 17.8 Å². The van der Waals surface area contributed by atoms with Crippen LogP contribution in [-0.2, 0) is 0 Å². The van der Waals surface area contributed by atoms with Crippen LogP contribution in [0.1, 0.15) is 51.9 Å². The molecule has 98 valence electrons. The molecule has 17 heavy (non-hydrogen) atoms. The van der Waals surface area contributed by atoms with Gasteiger partial charge in [-0.1, -0.05) is 19.8 Å². The minimum atomic E-state index is 0.445. The zero-order valence-electron chi connectivity index (χ0n) is 11.3. The Hall–Kier alpha value is -0.0800. The minimum absolute atomic E-state index is 0.445. The summed E-state index contributed by atoms with van der Waals surface area (Å²) in [7, 11) is 0. The van der Waals surface area contributed by atoms with Crippen LogP contribution in [0.2, 0.25) is 0 Å². The maximum absolute atomic E-state index is 6.28. The number of hydrogen-bond donors (Lipinski definition) is 1. The van der Waals surface area contributed by atoms with E-state index in [4.69, 9.17) is 5.73 Å². The van der Waals surface area contributed by atoms with Gasteiger partial charge in [0.2, 0.25) is 0 Å². The maximum Gasteiger partial charge on any atom is 0.0171 e. The monoisotopic (exact) mass is 236 g/mol. The van der Waals surface area contributed by atoms with Crippen molar-refractivity contribution in [1.29, 1.82) is 0 Å². The molecule has 3 fully saturated rings. The van der Waals surface area contributed by atoms with Gasteiger partial charge in [-0.25, -0.2) is 0 Å². The first-order valence-corrected chi connectivity index (χ1v) is 7.76. The third-order valence-corrected chi connectivity index (χ3v) is 5.01. The molecule has 1 saturated heterocycles. The average molecular weight is 236 g/mol. The van der Waals surface area contributed by atoms with Crippen LogP contribution in [0.3, 0.4) is 0 Å². The molecule has 0 spiro atoms. The molecule has 0 aromatic heterocycles. The summed E-state index contributed by atoms with van der Waals surface area (Å²) in [5.41, 5.74) is 6.28. The molecule has 2 N–H and O–H groups in total. The lowest BCUT2D eigenvalue weighted by Crippen LogP contribution is -2.51. The summed E-state index contributed by atoms with van der Waals surface area (Å²) in [4.78, 5) is 2.75. The highest BCUT2D eigenvalue weighted by atomic mass is 15.2. The Morgan fingerprint density at radius 1 is 1.12 bits per heavy atom. The van der Waals surface area contributed by atoms with E-state index in [1.54, 1.807) is 0 Å². The molecule has 3 unspecified atom stereocenters. The van der Waals surface area contributed by atoms with Gasteiger partial charge < -0.3 is 5.73 Å². The Labute approximate surface area is 106 Å². The van der Waals surface area contributed by atoms with Crippen molar-refractivity contribution >= 4 is 0 Å². The molecule has 0 radical (unpaired) electrons. The van der Waals surface area contributed by atoms with Crippen molar-refractivity contribution in [3.05, 3.63) is 0 Å². The maximum atomic E-state index is 6.28. The molecule has 1 heterocycles. The molecule has 3 aliphatic rings. The van der Waals surface area contributed by atoms with Gasteiger partial charge in [-0.05, 0) is 49.9 Å². The fraction of sp³-hybridized carbons (Fsp3) is 1.00. The van der Waals surface area contributed by atoms with Crippen molar-refractivity contribution in [1.82, 2.24) is 4.90 Å². The van der Waals surface area contributed by atoms with E-state index in [2.05, 4.69) is 11.8 Å². The van der Waals surface area contributed by atoms with Gasteiger partial charge in [0, 0.05) is 25.2 Å². The Morgan fingerprint density at radius 2 is 1.88 bits per heavy atom. The molecular weight excluding hydrogens is 208 g/mol. The molecule has 2 nitrogen and oxygen atoms in total. The lowest BCUT2D eigenvalue weighted by Gasteiger charge is -2.41. The van der Waals surface area contributed by atoms with Gasteiger partial charge in [0.25, 0.3) is 0 Å². The van der Waals surface area contributed by atoms with Gasteiger partial charge in [0.1, 0.15) is 0 Å². The minimum Gasteiger partial charge on any atom is -0.327 e. The van der Waals surface area contributed by atoms with Gasteiger partial charge >= 0.3 is 0 Å². The second-order valence-corrected chi connectivity index (χ2v) is 6.81. The van der Waals surface area contributed by atoms with Gasteiger partial charge in [0.05, 0.1) is 0 Å². The standard InChI is InChI=1S/C15H28N2/c1-2-15(13-5-6-13)17-9-12(7-11-3-4-11)8-14(16)10-17/h11-15H,2-10,16H2,1H3. The van der Waals surface area contributed by atoms with Crippen LogP contribution < -0.4 is 5.73 Å². The quantitative estimate of drug-likeness (QED) is 0.795. The van der Waals surface area contributed by atoms with Crippen molar-refractivity contribution < 1.29 is 0 Å². The fourth-order valence-corrected chi connectivity index (χ4v) is 3.92. The molecule has 1 aliphatic heterocycles. The Bertz CT molecular complexity index is 256. The first-order chi connectivity index (χ1) is 8.26. The number of nitrogens with two attached hydrogens (primary N) is 1. The lowest BCUT2D eigenvalue weighted by atomic mass is 9.88. The van der Waals surface area contributed by atoms with E-state index in [1.165, 1.54) is 51.5 Å². The normalized spacial score (nSPS) is 37.1. The van der Waals surface area contributed by atoms with E-state index in [9.17, 15) is 0 Å². The van der Waals surface area contributed by atoms with Crippen molar-refractivity contribution in [2.24, 2.45) is 23.5 Å². The van der Waals surface area contributed by atoms with Crippen molar-refractivity contribution in [2.45, 2.75) is 64.0 Å². The Balaban J connectivity index is 1.58. The van der Waals surface area contributed by atoms with Crippen LogP contribution >= 0.6 is 0 Å². The molecular formula is C15H28N2. The Kier molecular flexibility index (Phi) is 3.45. The SMILES string of the molecule is CCC(C1CC1)N1CC(N)CC(CC2CC2)C1. The van der Waals surface area contributed by atoms with Crippen LogP contribution in [0.5, 0.6) is 0 Å². The number of nitrogens with zero attached hydrogens (tertiary/aromatic N) is 1. The fourth-order valence-electron chi connectivity index (χ4n) is 3.92. The van der Waals surface area contributed by atoms with E-state index < -0.39 is 0 Å². The van der Waals surface area contributed by atoms with Gasteiger partial charge in [-0.2, -0.15) is 0 Å². The molecule has 0 aromatic rings. The van der Waals surface area contributed by atoms with E-state index in [0.29, 0.717) is 6.04 Å². The zero-order valence-corrected chi connectivity index (χ0v) is 11.3. The summed E-state index contributed by atoms with van der Waals surface area (Å²) in [6.45, 7) is 4.87. The second-order valence-electron chi connectivity index (χ2n) is 6.81. The third-order valence-electron chi connectivity index (χ3n) is 5.01. The van der Waals surface area contributed by atoms with Crippen molar-refractivity contribution in [3.63, 3.8) is 0 Å². The smallest absolute Gasteiger partial charge is 0.0171 e. The predicted octanol–water partition coefficient (Wildman–Crippen LogP) is 2.62. The second kappa shape index (κ2) is 4.89. The number of likely N-dealkylation sites (tertiary alicyclic amines) is 1. The summed E-state index contributed by atoms with van der Waals surface area (Å²) in [6.07, 6.45) is 10.00. The highest BCUT2D eigenvalue weighted by molar-refractivity contribution is 4.93. The van der Waals surface area contributed by atoms with E-state index in [-0.39, 0.29) is 0 Å². The number of rotatable bonds is 5. The number of hydrogen-bond acceptors (Lipinski definition) is 2. The molecule has 2 aliphatic carbocycles. The van der Waals surface area contributed by atoms with E-state index in [0.717, 1.165) is 30.3 Å². The average Bonchev–Trinajstić information content (AvgIpc) is 3.10. The molecule has 0 bridgehead atoms. The summed E-state index contributed by atoms with van der Waals surface area (Å²) in [5.74, 6) is 2.97. The van der Waals surface area contributed by atoms with Gasteiger partial charge in [-0.3, -0.25) is 4.90 Å². The summed E-state index contributed by atoms with van der Waals surface area (Å²) in [6, 6.07) is 1.29. The first-order valence-electron chi connectivity index (χ1n) is 7.76. The molecule has 0 aromatic carbocycles. The molecule has 2 saturated carbocycles. The van der Waals surface area contributed by atoms with Crippen LogP contribution in [0.25, 0.3) is 0 Å². The van der Waals surface area contributed by atoms with E-state index in [1.807, 2.05) is 0 Å². The summed E-state index contributed by atoms with van der Waals surface area (Å²) < 4.78 is 0. The van der Waals surface area contributed by atoms with E-state index >= 15 is 0 Å². The third kappa shape index (κ3) is 3.03. The highest BCUT2D eigenvalue weighted by Crippen LogP contribution is 2.41. The highest BCUT2D eigenvalue weighted by Gasteiger charge is 2.38. The largest absolute Gasteiger partial charge is 0.327 e. The zero-order chi connectivity index (χ0) is 11.8. The van der Waals surface area contributed by atoms with Crippen molar-refractivity contribution in [2.75, 3.05) is 13.1 Å². The van der Waals surface area contributed by atoms with Crippen molar-refractivity contribution in [3.8, 4) is 0 Å². The van der Waals surface area contributed by atoms with Crippen LogP contribution in [-0.4, -0.2) is 30.1 Å². The topological polar surface area (TPSA) is 29.3 Å².